The Morgan fingerprint density at radius 3 is 2.68 bits per heavy atom. The zero-order valence-electron chi connectivity index (χ0n) is 17.4. The maximum Gasteiger partial charge on any atom is 0.312 e. The average molecular weight is 491 g/mol. The summed E-state index contributed by atoms with van der Waals surface area (Å²) in [5.74, 6) is -0.977. The summed E-state index contributed by atoms with van der Waals surface area (Å²) < 4.78 is 11.0. The number of carbonyl (C=O) groups is 1. The van der Waals surface area contributed by atoms with Crippen molar-refractivity contribution in [3.63, 3.8) is 0 Å². The van der Waals surface area contributed by atoms with Gasteiger partial charge in [-0.3, -0.25) is 4.79 Å². The summed E-state index contributed by atoms with van der Waals surface area (Å²) >= 11 is 2.38. The van der Waals surface area contributed by atoms with Crippen molar-refractivity contribution in [2.45, 2.75) is 0 Å². The van der Waals surface area contributed by atoms with Gasteiger partial charge in [0, 0.05) is 28.0 Å². The second-order valence-electron chi connectivity index (χ2n) is 7.01. The van der Waals surface area contributed by atoms with E-state index in [9.17, 15) is 15.2 Å². The molecule has 4 aromatic heterocycles. The normalized spacial score (nSPS) is 10.9. The van der Waals surface area contributed by atoms with Crippen LogP contribution in [0.15, 0.2) is 46.3 Å². The molecule has 0 radical (unpaired) electrons. The topological polar surface area (TPSA) is 168 Å². The molecule has 0 saturated heterocycles. The third kappa shape index (κ3) is 3.22. The van der Waals surface area contributed by atoms with E-state index in [1.165, 1.54) is 18.4 Å². The molecule has 0 amide bonds. The lowest BCUT2D eigenvalue weighted by atomic mass is 10.0. The van der Waals surface area contributed by atoms with Crippen LogP contribution in [0.25, 0.3) is 26.3 Å². The number of ether oxygens (including phenoxy) is 1. The van der Waals surface area contributed by atoms with Crippen molar-refractivity contribution in [2.24, 2.45) is 0 Å². The second-order valence-corrected chi connectivity index (χ2v) is 8.96. The van der Waals surface area contributed by atoms with Gasteiger partial charge in [-0.1, -0.05) is 6.07 Å². The number of fused-ring (bicyclic) bond motifs is 1. The molecular formula is C22H14N6O4S2. The Bertz CT molecular complexity index is 1600. The molecule has 0 aliphatic carbocycles. The first-order valence-corrected chi connectivity index (χ1v) is 11.4. The number of anilines is 2. The van der Waals surface area contributed by atoms with E-state index in [1.54, 1.807) is 24.3 Å². The zero-order chi connectivity index (χ0) is 24.0. The quantitative estimate of drug-likeness (QED) is 0.278. The smallest absolute Gasteiger partial charge is 0.312 e. The van der Waals surface area contributed by atoms with Crippen LogP contribution in [-0.2, 0) is 0 Å². The Hall–Kier alpha value is -4.47. The largest absolute Gasteiger partial charge is 0.539 e. The van der Waals surface area contributed by atoms with Gasteiger partial charge < -0.3 is 25.8 Å². The van der Waals surface area contributed by atoms with Crippen molar-refractivity contribution < 1.29 is 23.8 Å². The van der Waals surface area contributed by atoms with Crippen LogP contribution in [0.4, 0.5) is 11.5 Å². The molecular weight excluding hydrogens is 476 g/mol. The number of nitriles is 1. The lowest BCUT2D eigenvalue weighted by Crippen LogP contribution is -2.39. The first-order valence-electron chi connectivity index (χ1n) is 9.68. The number of hydrogen-bond acceptors (Lipinski definition) is 11. The molecule has 10 nitrogen and oxygen atoms in total. The number of nitrogens with zero attached hydrogens (tertiary/aromatic N) is 4. The highest BCUT2D eigenvalue weighted by Gasteiger charge is 2.33. The van der Waals surface area contributed by atoms with Crippen molar-refractivity contribution in [2.75, 3.05) is 18.6 Å². The van der Waals surface area contributed by atoms with Gasteiger partial charge >= 0.3 is 5.69 Å². The molecule has 0 aliphatic rings. The minimum atomic E-state index is -0.915. The van der Waals surface area contributed by atoms with Gasteiger partial charge in [-0.25, -0.2) is 4.98 Å². The first kappa shape index (κ1) is 21.4. The fraction of sp³-hybridized carbons (Fsp3) is 0.0455. The summed E-state index contributed by atoms with van der Waals surface area (Å²) in [5.41, 5.74) is 13.3. The summed E-state index contributed by atoms with van der Waals surface area (Å²) in [5, 5.41) is 28.2. The number of rotatable bonds is 5. The lowest BCUT2D eigenvalue weighted by molar-refractivity contribution is -0.672. The number of nitrogens with two attached hydrogens (primary N) is 2. The van der Waals surface area contributed by atoms with Crippen LogP contribution in [-0.4, -0.2) is 23.1 Å². The minimum absolute atomic E-state index is 0.0291. The summed E-state index contributed by atoms with van der Waals surface area (Å²) in [7, 11) is 1.52. The molecule has 12 heteroatoms. The molecule has 0 unspecified atom stereocenters. The van der Waals surface area contributed by atoms with Crippen LogP contribution >= 0.6 is 22.7 Å². The third-order valence-corrected chi connectivity index (χ3v) is 7.12. The van der Waals surface area contributed by atoms with Gasteiger partial charge in [0.05, 0.1) is 18.1 Å². The summed E-state index contributed by atoms with van der Waals surface area (Å²) in [6.45, 7) is 0. The molecule has 5 aromatic rings. The number of nitrogen functional groups attached to an aromatic ring is 2. The number of thiophene rings is 2. The molecule has 168 valence electrons. The maximum atomic E-state index is 13.5. The van der Waals surface area contributed by atoms with Crippen molar-refractivity contribution >= 4 is 50.2 Å². The van der Waals surface area contributed by atoms with E-state index in [0.29, 0.717) is 27.2 Å². The van der Waals surface area contributed by atoms with E-state index < -0.39 is 11.7 Å². The number of pyridine rings is 1. The average Bonchev–Trinajstić information content (AvgIpc) is 3.57. The fourth-order valence-electron chi connectivity index (χ4n) is 3.56. The van der Waals surface area contributed by atoms with Crippen LogP contribution in [0.3, 0.4) is 0 Å². The van der Waals surface area contributed by atoms with Crippen molar-refractivity contribution in [3.05, 3.63) is 57.9 Å². The third-order valence-electron chi connectivity index (χ3n) is 5.13. The lowest BCUT2D eigenvalue weighted by Gasteiger charge is -2.07. The number of ketones is 1. The number of hydrogen-bond donors (Lipinski definition) is 2. The molecule has 0 saturated carbocycles. The van der Waals surface area contributed by atoms with Gasteiger partial charge in [0.15, 0.2) is 5.95 Å². The highest BCUT2D eigenvalue weighted by atomic mass is 32.1. The van der Waals surface area contributed by atoms with Crippen molar-refractivity contribution in [1.29, 1.82) is 5.26 Å². The summed E-state index contributed by atoms with van der Waals surface area (Å²) in [6.07, 6.45) is 0. The highest BCUT2D eigenvalue weighted by molar-refractivity contribution is 7.21. The standard InChI is InChI=1S/C22H14N6O4S2/c1-31-11-6-4-10(5-7-11)28-17(22(30)32-27-28)18(29)19-16(24)15-14(13-3-2-8-33-13)12(9-23)20(25)26-21(15)34-19/h2-8H,1H3,(H4-,24,25,26,27,29,30). The van der Waals surface area contributed by atoms with E-state index in [4.69, 9.17) is 20.7 Å². The highest BCUT2D eigenvalue weighted by Crippen LogP contribution is 2.44. The Morgan fingerprint density at radius 2 is 2.03 bits per heavy atom. The molecule has 0 atom stereocenters. The molecule has 34 heavy (non-hydrogen) atoms. The zero-order valence-corrected chi connectivity index (χ0v) is 19.1. The monoisotopic (exact) mass is 490 g/mol. The summed E-state index contributed by atoms with van der Waals surface area (Å²) in [4.78, 5) is 19.0. The molecule has 0 aliphatic heterocycles. The van der Waals surface area contributed by atoms with Gasteiger partial charge in [-0.15, -0.1) is 22.7 Å². The molecule has 5 rings (SSSR count). The van der Waals surface area contributed by atoms with Crippen LogP contribution < -0.4 is 26.0 Å². The Labute approximate surface area is 199 Å². The van der Waals surface area contributed by atoms with E-state index in [2.05, 4.69) is 16.3 Å². The molecule has 4 heterocycles. The van der Waals surface area contributed by atoms with Gasteiger partial charge in [-0.2, -0.15) is 5.26 Å². The van der Waals surface area contributed by atoms with Gasteiger partial charge in [-0.05, 0) is 28.3 Å². The second kappa shape index (κ2) is 8.14. The van der Waals surface area contributed by atoms with Crippen LogP contribution in [0.2, 0.25) is 0 Å². The van der Waals surface area contributed by atoms with Crippen LogP contribution in [0, 0.1) is 11.3 Å². The number of carbonyl (C=O) groups excluding carboxylic acids is 1. The van der Waals surface area contributed by atoms with E-state index >= 15 is 0 Å². The maximum absolute atomic E-state index is 13.5. The Morgan fingerprint density at radius 1 is 1.26 bits per heavy atom. The van der Waals surface area contributed by atoms with Gasteiger partial charge in [0.1, 0.15) is 32.9 Å². The van der Waals surface area contributed by atoms with Crippen molar-refractivity contribution in [1.82, 2.24) is 10.3 Å². The molecule has 0 fully saturated rings. The molecule has 1 aromatic carbocycles. The number of aromatic nitrogens is 3. The minimum Gasteiger partial charge on any atom is -0.539 e. The predicted octanol–water partition coefficient (Wildman–Crippen LogP) is 2.64. The molecule has 0 spiro atoms. The van der Waals surface area contributed by atoms with Crippen molar-refractivity contribution in [3.8, 4) is 33.9 Å². The van der Waals surface area contributed by atoms with E-state index in [1.807, 2.05) is 17.5 Å². The van der Waals surface area contributed by atoms with E-state index in [0.717, 1.165) is 20.9 Å². The number of methoxy groups -OCH3 is 1. The predicted molar refractivity (Wildman–Crippen MR) is 124 cm³/mol. The molecule has 0 bridgehead atoms. The first-order chi connectivity index (χ1) is 16.4. The SMILES string of the molecule is COc1ccc(-[n+]2noc([O-])c2C(=O)c2sc3nc(N)c(C#N)c(-c4cccs4)c3c2N)cc1. The van der Waals surface area contributed by atoms with Gasteiger partial charge in [0.2, 0.25) is 5.69 Å². The van der Waals surface area contributed by atoms with Gasteiger partial charge in [0.25, 0.3) is 5.78 Å². The Kier molecular flexibility index (Phi) is 5.12. The van der Waals surface area contributed by atoms with Crippen LogP contribution in [0.5, 0.6) is 11.7 Å². The summed E-state index contributed by atoms with van der Waals surface area (Å²) in [6, 6.07) is 12.3. The fourth-order valence-corrected chi connectivity index (χ4v) is 5.40. The number of benzene rings is 1. The molecule has 4 N–H and O–H groups in total. The Balaban J connectivity index is 1.71. The van der Waals surface area contributed by atoms with Crippen LogP contribution in [0.1, 0.15) is 20.9 Å². The van der Waals surface area contributed by atoms with E-state index in [-0.39, 0.29) is 27.6 Å².